The number of pyridine rings is 1. The molecule has 9 heteroatoms. The summed E-state index contributed by atoms with van der Waals surface area (Å²) in [4.78, 5) is 12.1. The molecule has 1 aliphatic rings. The van der Waals surface area contributed by atoms with Crippen molar-refractivity contribution in [1.29, 1.82) is 0 Å². The van der Waals surface area contributed by atoms with E-state index in [-0.39, 0.29) is 34.9 Å². The molecule has 1 fully saturated rings. The lowest BCUT2D eigenvalue weighted by molar-refractivity contribution is -0.139. The van der Waals surface area contributed by atoms with Crippen LogP contribution in [0, 0.1) is 0 Å². The van der Waals surface area contributed by atoms with Crippen LogP contribution in [0.5, 0.6) is 0 Å². The van der Waals surface area contributed by atoms with Gasteiger partial charge in [0.2, 0.25) is 5.95 Å². The molecule has 1 atom stereocenters. The number of anilines is 1. The first-order chi connectivity index (χ1) is 12.8. The monoisotopic (exact) mass is 384 g/mol. The Labute approximate surface area is 155 Å². The van der Waals surface area contributed by atoms with Gasteiger partial charge in [0.05, 0.1) is 18.2 Å². The summed E-state index contributed by atoms with van der Waals surface area (Å²) in [7, 11) is 1.57. The molecule has 0 unspecified atom stereocenters. The number of aliphatic hydroxyl groups excluding tert-OH is 1. The SMILES string of the molecule is COC[C@H](C)Nc1ncc2c(C(F)(F)F)ncc(C3CCC(O)CC3)c2n1. The number of rotatable bonds is 5. The molecule has 1 saturated carbocycles. The van der Waals surface area contributed by atoms with Crippen LogP contribution >= 0.6 is 0 Å². The predicted molar refractivity (Wildman–Crippen MR) is 94.5 cm³/mol. The number of methoxy groups -OCH3 is 1. The van der Waals surface area contributed by atoms with Crippen molar-refractivity contribution >= 4 is 16.9 Å². The smallest absolute Gasteiger partial charge is 0.393 e. The third kappa shape index (κ3) is 4.47. The topological polar surface area (TPSA) is 80.2 Å². The number of nitrogens with one attached hydrogen (secondary N) is 1. The molecule has 0 aliphatic heterocycles. The van der Waals surface area contributed by atoms with E-state index in [0.29, 0.717) is 37.9 Å². The third-order valence-electron chi connectivity index (χ3n) is 4.85. The molecule has 148 valence electrons. The van der Waals surface area contributed by atoms with E-state index in [1.807, 2.05) is 6.92 Å². The Kier molecular flexibility index (Phi) is 5.81. The minimum Gasteiger partial charge on any atom is -0.393 e. The maximum atomic E-state index is 13.4. The molecule has 1 aliphatic carbocycles. The lowest BCUT2D eigenvalue weighted by Crippen LogP contribution is -2.22. The van der Waals surface area contributed by atoms with Crippen LogP contribution in [0.15, 0.2) is 12.4 Å². The number of aliphatic hydroxyl groups is 1. The highest BCUT2D eigenvalue weighted by Crippen LogP contribution is 2.39. The van der Waals surface area contributed by atoms with Gasteiger partial charge in [0.15, 0.2) is 5.69 Å². The summed E-state index contributed by atoms with van der Waals surface area (Å²) in [5, 5.41) is 12.7. The molecule has 0 saturated heterocycles. The Morgan fingerprint density at radius 3 is 2.56 bits per heavy atom. The zero-order valence-corrected chi connectivity index (χ0v) is 15.3. The van der Waals surface area contributed by atoms with Gasteiger partial charge in [-0.05, 0) is 38.5 Å². The number of ether oxygens (including phenoxy) is 1. The Hall–Kier alpha value is -2.00. The van der Waals surface area contributed by atoms with Gasteiger partial charge >= 0.3 is 6.18 Å². The van der Waals surface area contributed by atoms with Crippen LogP contribution in [-0.2, 0) is 10.9 Å². The Morgan fingerprint density at radius 1 is 1.22 bits per heavy atom. The quantitative estimate of drug-likeness (QED) is 0.821. The van der Waals surface area contributed by atoms with Crippen molar-refractivity contribution in [3.05, 3.63) is 23.7 Å². The van der Waals surface area contributed by atoms with E-state index in [1.165, 1.54) is 12.4 Å². The summed E-state index contributed by atoms with van der Waals surface area (Å²) in [6.45, 7) is 2.28. The lowest BCUT2D eigenvalue weighted by atomic mass is 9.82. The van der Waals surface area contributed by atoms with Crippen LogP contribution < -0.4 is 5.32 Å². The average molecular weight is 384 g/mol. The van der Waals surface area contributed by atoms with Crippen molar-refractivity contribution in [1.82, 2.24) is 15.0 Å². The van der Waals surface area contributed by atoms with Crippen LogP contribution in [0.1, 0.15) is 49.8 Å². The molecule has 0 radical (unpaired) electrons. The molecule has 3 rings (SSSR count). The Morgan fingerprint density at radius 2 is 1.93 bits per heavy atom. The van der Waals surface area contributed by atoms with Gasteiger partial charge in [-0.2, -0.15) is 13.2 Å². The lowest BCUT2D eigenvalue weighted by Gasteiger charge is -2.26. The van der Waals surface area contributed by atoms with Gasteiger partial charge in [-0.25, -0.2) is 9.97 Å². The van der Waals surface area contributed by atoms with Crippen molar-refractivity contribution in [3.8, 4) is 0 Å². The zero-order valence-electron chi connectivity index (χ0n) is 15.3. The number of nitrogens with zero attached hydrogens (tertiary/aromatic N) is 3. The van der Waals surface area contributed by atoms with E-state index < -0.39 is 11.9 Å². The van der Waals surface area contributed by atoms with Crippen LogP contribution in [0.3, 0.4) is 0 Å². The molecule has 2 heterocycles. The largest absolute Gasteiger partial charge is 0.434 e. The van der Waals surface area contributed by atoms with Crippen LogP contribution in [-0.4, -0.2) is 45.9 Å². The van der Waals surface area contributed by atoms with Gasteiger partial charge < -0.3 is 15.2 Å². The molecule has 0 amide bonds. The Balaban J connectivity index is 2.05. The molecule has 6 nitrogen and oxygen atoms in total. The molecule has 0 spiro atoms. The third-order valence-corrected chi connectivity index (χ3v) is 4.85. The summed E-state index contributed by atoms with van der Waals surface area (Å²) in [5.74, 6) is 0.272. The number of fused-ring (bicyclic) bond motifs is 1. The maximum absolute atomic E-state index is 13.4. The number of hydrogen-bond acceptors (Lipinski definition) is 6. The summed E-state index contributed by atoms with van der Waals surface area (Å²) in [6, 6.07) is -0.0929. The molecule has 2 aromatic rings. The summed E-state index contributed by atoms with van der Waals surface area (Å²) >= 11 is 0. The van der Waals surface area contributed by atoms with E-state index >= 15 is 0 Å². The minimum absolute atomic E-state index is 0.0184. The number of alkyl halides is 3. The van der Waals surface area contributed by atoms with Gasteiger partial charge in [0.1, 0.15) is 0 Å². The van der Waals surface area contributed by atoms with Gasteiger partial charge in [-0.15, -0.1) is 0 Å². The Bertz CT molecular complexity index is 792. The molecule has 0 bridgehead atoms. The van der Waals surface area contributed by atoms with E-state index in [2.05, 4.69) is 20.3 Å². The predicted octanol–water partition coefficient (Wildman–Crippen LogP) is 3.51. The van der Waals surface area contributed by atoms with Gasteiger partial charge in [0.25, 0.3) is 0 Å². The standard InChI is InChI=1S/C18H23F3N4O2/c1-10(9-27-2)24-17-23-8-14-15(25-17)13(7-22-16(14)18(19,20)21)11-3-5-12(26)6-4-11/h7-8,10-12,26H,3-6,9H2,1-2H3,(H,23,24,25)/t10-,11?,12?/m0/s1. The normalized spacial score (nSPS) is 22.0. The van der Waals surface area contributed by atoms with Gasteiger partial charge in [-0.3, -0.25) is 4.98 Å². The molecular weight excluding hydrogens is 361 g/mol. The van der Waals surface area contributed by atoms with Crippen molar-refractivity contribution in [3.63, 3.8) is 0 Å². The van der Waals surface area contributed by atoms with Crippen LogP contribution in [0.4, 0.5) is 19.1 Å². The molecule has 2 N–H and O–H groups in total. The van der Waals surface area contributed by atoms with Crippen molar-refractivity contribution in [2.75, 3.05) is 19.0 Å². The highest BCUT2D eigenvalue weighted by atomic mass is 19.4. The summed E-state index contributed by atoms with van der Waals surface area (Å²) < 4.78 is 45.2. The molecular formula is C18H23F3N4O2. The van der Waals surface area contributed by atoms with E-state index in [0.717, 1.165) is 0 Å². The second kappa shape index (κ2) is 7.93. The maximum Gasteiger partial charge on any atom is 0.434 e. The highest BCUT2D eigenvalue weighted by Gasteiger charge is 2.36. The minimum atomic E-state index is -4.58. The van der Waals surface area contributed by atoms with Crippen molar-refractivity contribution in [2.24, 2.45) is 0 Å². The molecule has 27 heavy (non-hydrogen) atoms. The first-order valence-corrected chi connectivity index (χ1v) is 8.96. The van der Waals surface area contributed by atoms with E-state index in [9.17, 15) is 18.3 Å². The fourth-order valence-electron chi connectivity index (χ4n) is 3.53. The zero-order chi connectivity index (χ0) is 19.6. The van der Waals surface area contributed by atoms with Crippen LogP contribution in [0.25, 0.3) is 10.9 Å². The second-order valence-electron chi connectivity index (χ2n) is 7.02. The molecule has 2 aromatic heterocycles. The van der Waals surface area contributed by atoms with Gasteiger partial charge in [0, 0.05) is 36.5 Å². The van der Waals surface area contributed by atoms with E-state index in [1.54, 1.807) is 7.11 Å². The fourth-order valence-corrected chi connectivity index (χ4v) is 3.53. The summed E-state index contributed by atoms with van der Waals surface area (Å²) in [6.07, 6.45) is 0.150. The fraction of sp³-hybridized carbons (Fsp3) is 0.611. The first-order valence-electron chi connectivity index (χ1n) is 8.96. The average Bonchev–Trinajstić information content (AvgIpc) is 2.61. The number of halogens is 3. The highest BCUT2D eigenvalue weighted by molar-refractivity contribution is 5.84. The molecule has 0 aromatic carbocycles. The second-order valence-corrected chi connectivity index (χ2v) is 7.02. The number of aromatic nitrogens is 3. The summed E-state index contributed by atoms with van der Waals surface area (Å²) in [5.41, 5.74) is -0.0378. The van der Waals surface area contributed by atoms with Crippen LogP contribution in [0.2, 0.25) is 0 Å². The van der Waals surface area contributed by atoms with Gasteiger partial charge in [-0.1, -0.05) is 0 Å². The first kappa shape index (κ1) is 19.8. The number of hydrogen-bond donors (Lipinski definition) is 2. The van der Waals surface area contributed by atoms with Crippen molar-refractivity contribution < 1.29 is 23.0 Å². The van der Waals surface area contributed by atoms with E-state index in [4.69, 9.17) is 4.74 Å². The van der Waals surface area contributed by atoms with Crippen molar-refractivity contribution in [2.45, 2.75) is 56.8 Å².